The molecule has 0 unspecified atom stereocenters. The molecule has 1 amide bonds. The minimum atomic E-state index is -0.234. The molecule has 5 heteroatoms. The van der Waals surface area contributed by atoms with E-state index in [0.29, 0.717) is 0 Å². The van der Waals surface area contributed by atoms with Crippen LogP contribution >= 0.6 is 12.2 Å². The van der Waals surface area contributed by atoms with E-state index < -0.39 is 0 Å². The van der Waals surface area contributed by atoms with Crippen LogP contribution < -0.4 is 0 Å². The van der Waals surface area contributed by atoms with Gasteiger partial charge in [0.15, 0.2) is 5.76 Å². The normalized spacial score (nSPS) is 17.0. The Kier molecular flexibility index (Phi) is 2.77. The van der Waals surface area contributed by atoms with E-state index in [9.17, 15) is 4.79 Å². The second kappa shape index (κ2) is 4.68. The van der Waals surface area contributed by atoms with E-state index in [-0.39, 0.29) is 16.8 Å². The number of para-hydroxylation sites is 1. The molecule has 0 radical (unpaired) electrons. The molecular formula is C17H11NO3S. The molecule has 1 aliphatic heterocycles. The lowest BCUT2D eigenvalue weighted by Gasteiger charge is -2.00. The van der Waals surface area contributed by atoms with Gasteiger partial charge in [-0.15, -0.1) is 0 Å². The van der Waals surface area contributed by atoms with E-state index in [1.807, 2.05) is 42.5 Å². The number of benzene rings is 2. The van der Waals surface area contributed by atoms with Gasteiger partial charge in [0, 0.05) is 17.8 Å². The highest BCUT2D eigenvalue weighted by Crippen LogP contribution is 2.30. The van der Waals surface area contributed by atoms with Crippen molar-refractivity contribution in [3.63, 3.8) is 0 Å². The molecule has 2 heterocycles. The van der Waals surface area contributed by atoms with Gasteiger partial charge in [0.05, 0.1) is 0 Å². The third-order valence-electron chi connectivity index (χ3n) is 3.69. The molecule has 4 rings (SSSR count). The van der Waals surface area contributed by atoms with Crippen LogP contribution in [0.1, 0.15) is 5.56 Å². The number of nitrogens with zero attached hydrogens (tertiary/aromatic N) is 1. The summed E-state index contributed by atoms with van der Waals surface area (Å²) in [7, 11) is 1.60. The van der Waals surface area contributed by atoms with Crippen LogP contribution in [0.25, 0.3) is 28.0 Å². The van der Waals surface area contributed by atoms with Crippen molar-refractivity contribution in [3.8, 4) is 0 Å². The lowest BCUT2D eigenvalue weighted by Crippen LogP contribution is -2.22. The van der Waals surface area contributed by atoms with Gasteiger partial charge in [-0.05, 0) is 42.1 Å². The SMILES string of the molecule is CN1C(=O)/C(=C\c2ccc3oc4ccccc4c3c2)OC1=S. The van der Waals surface area contributed by atoms with Gasteiger partial charge in [0.1, 0.15) is 11.2 Å². The molecule has 1 aliphatic rings. The van der Waals surface area contributed by atoms with Crippen LogP contribution in [0.5, 0.6) is 0 Å². The maximum Gasteiger partial charge on any atom is 0.296 e. The van der Waals surface area contributed by atoms with Crippen molar-refractivity contribution < 1.29 is 13.9 Å². The highest BCUT2D eigenvalue weighted by atomic mass is 32.1. The Morgan fingerprint density at radius 3 is 2.64 bits per heavy atom. The predicted molar refractivity (Wildman–Crippen MR) is 88.2 cm³/mol. The van der Waals surface area contributed by atoms with Crippen LogP contribution in [0.15, 0.2) is 52.6 Å². The van der Waals surface area contributed by atoms with Crippen molar-refractivity contribution in [2.45, 2.75) is 0 Å². The smallest absolute Gasteiger partial charge is 0.296 e. The summed E-state index contributed by atoms with van der Waals surface area (Å²) in [5.41, 5.74) is 2.52. The number of likely N-dealkylation sites (N-methyl/N-ethyl adjacent to an activating group) is 1. The number of carbonyl (C=O) groups is 1. The van der Waals surface area contributed by atoms with Crippen LogP contribution in [0, 0.1) is 0 Å². The summed E-state index contributed by atoms with van der Waals surface area (Å²) in [4.78, 5) is 13.3. The lowest BCUT2D eigenvalue weighted by molar-refractivity contribution is -0.122. The number of amides is 1. The van der Waals surface area contributed by atoms with Gasteiger partial charge >= 0.3 is 0 Å². The minimum absolute atomic E-state index is 0.172. The number of rotatable bonds is 1. The molecule has 0 atom stereocenters. The molecule has 4 nitrogen and oxygen atoms in total. The standard InChI is InChI=1S/C17H11NO3S/c1-18-16(19)15(21-17(18)22)9-10-6-7-14-12(8-10)11-4-2-3-5-13(11)20-14/h2-9H,1H3/b15-9+. The van der Waals surface area contributed by atoms with Crippen molar-refractivity contribution >= 4 is 51.3 Å². The Morgan fingerprint density at radius 2 is 1.86 bits per heavy atom. The molecule has 3 aromatic rings. The monoisotopic (exact) mass is 309 g/mol. The third-order valence-corrected chi connectivity index (χ3v) is 4.04. The molecule has 0 saturated carbocycles. The molecule has 0 N–H and O–H groups in total. The van der Waals surface area contributed by atoms with Gasteiger partial charge in [-0.2, -0.15) is 0 Å². The molecule has 22 heavy (non-hydrogen) atoms. The molecule has 0 spiro atoms. The fraction of sp³-hybridized carbons (Fsp3) is 0.0588. The topological polar surface area (TPSA) is 42.7 Å². The summed E-state index contributed by atoms with van der Waals surface area (Å²) in [5, 5.41) is 2.22. The average molecular weight is 309 g/mol. The maximum absolute atomic E-state index is 12.0. The number of furan rings is 1. The zero-order valence-corrected chi connectivity index (χ0v) is 12.5. The summed E-state index contributed by atoms with van der Waals surface area (Å²) in [6.45, 7) is 0. The van der Waals surface area contributed by atoms with Gasteiger partial charge in [-0.25, -0.2) is 0 Å². The van der Waals surface area contributed by atoms with E-state index in [2.05, 4.69) is 0 Å². The lowest BCUT2D eigenvalue weighted by atomic mass is 10.1. The van der Waals surface area contributed by atoms with Crippen molar-refractivity contribution in [2.75, 3.05) is 7.05 Å². The van der Waals surface area contributed by atoms with Crippen LogP contribution in [-0.4, -0.2) is 23.0 Å². The van der Waals surface area contributed by atoms with Crippen LogP contribution in [-0.2, 0) is 9.53 Å². The Balaban J connectivity index is 1.85. The second-order valence-electron chi connectivity index (χ2n) is 5.09. The zero-order chi connectivity index (χ0) is 15.3. The van der Waals surface area contributed by atoms with Gasteiger partial charge in [0.2, 0.25) is 0 Å². The summed E-state index contributed by atoms with van der Waals surface area (Å²) in [5.74, 6) is 0.00167. The van der Waals surface area contributed by atoms with Gasteiger partial charge in [-0.1, -0.05) is 24.3 Å². The van der Waals surface area contributed by atoms with Crippen molar-refractivity contribution in [1.82, 2.24) is 4.90 Å². The van der Waals surface area contributed by atoms with Gasteiger partial charge in [0.25, 0.3) is 11.1 Å². The number of fused-ring (bicyclic) bond motifs is 3. The van der Waals surface area contributed by atoms with E-state index in [1.165, 1.54) is 4.90 Å². The first-order valence-electron chi connectivity index (χ1n) is 6.76. The number of thiocarbonyl (C=S) groups is 1. The van der Waals surface area contributed by atoms with Crippen molar-refractivity contribution in [2.24, 2.45) is 0 Å². The molecule has 1 fully saturated rings. The highest BCUT2D eigenvalue weighted by Gasteiger charge is 2.29. The van der Waals surface area contributed by atoms with E-state index >= 15 is 0 Å². The quantitative estimate of drug-likeness (QED) is 0.508. The van der Waals surface area contributed by atoms with Crippen LogP contribution in [0.4, 0.5) is 0 Å². The highest BCUT2D eigenvalue weighted by molar-refractivity contribution is 7.80. The fourth-order valence-corrected chi connectivity index (χ4v) is 2.70. The number of carbonyl (C=O) groups excluding carboxylic acids is 1. The molecule has 1 saturated heterocycles. The molecular weight excluding hydrogens is 298 g/mol. The summed E-state index contributed by atoms with van der Waals surface area (Å²) < 4.78 is 11.1. The summed E-state index contributed by atoms with van der Waals surface area (Å²) >= 11 is 4.97. The first-order valence-corrected chi connectivity index (χ1v) is 7.17. The molecule has 0 bridgehead atoms. The van der Waals surface area contributed by atoms with E-state index in [0.717, 1.165) is 27.5 Å². The van der Waals surface area contributed by atoms with Gasteiger partial charge in [-0.3, -0.25) is 9.69 Å². The van der Waals surface area contributed by atoms with Gasteiger partial charge < -0.3 is 9.15 Å². The Hall–Kier alpha value is -2.66. The zero-order valence-electron chi connectivity index (χ0n) is 11.7. The first-order chi connectivity index (χ1) is 10.6. The summed E-state index contributed by atoms with van der Waals surface area (Å²) in [6.07, 6.45) is 1.69. The molecule has 1 aromatic heterocycles. The Bertz CT molecular complexity index is 970. The molecule has 2 aromatic carbocycles. The minimum Gasteiger partial charge on any atom is -0.456 e. The van der Waals surface area contributed by atoms with Crippen molar-refractivity contribution in [3.05, 3.63) is 53.8 Å². The first kappa shape index (κ1) is 13.0. The number of hydrogen-bond acceptors (Lipinski definition) is 4. The number of hydrogen-bond donors (Lipinski definition) is 0. The second-order valence-corrected chi connectivity index (χ2v) is 5.44. The fourth-order valence-electron chi connectivity index (χ4n) is 2.53. The Morgan fingerprint density at radius 1 is 1.09 bits per heavy atom. The number of ether oxygens (including phenoxy) is 1. The summed E-state index contributed by atoms with van der Waals surface area (Å²) in [6, 6.07) is 13.6. The average Bonchev–Trinajstić information content (AvgIpc) is 3.01. The molecule has 0 aliphatic carbocycles. The third kappa shape index (κ3) is 1.90. The van der Waals surface area contributed by atoms with Crippen LogP contribution in [0.2, 0.25) is 0 Å². The predicted octanol–water partition coefficient (Wildman–Crippen LogP) is 3.70. The van der Waals surface area contributed by atoms with Crippen LogP contribution in [0.3, 0.4) is 0 Å². The largest absolute Gasteiger partial charge is 0.456 e. The Labute approximate surface area is 131 Å². The molecule has 108 valence electrons. The van der Waals surface area contributed by atoms with E-state index in [4.69, 9.17) is 21.4 Å². The van der Waals surface area contributed by atoms with E-state index in [1.54, 1.807) is 13.1 Å². The maximum atomic E-state index is 12.0. The van der Waals surface area contributed by atoms with Crippen molar-refractivity contribution in [1.29, 1.82) is 0 Å².